The number of carbonyl (C=O) groups excluding carboxylic acids is 1. The van der Waals surface area contributed by atoms with Crippen LogP contribution in [0.4, 0.5) is 17.2 Å². The highest BCUT2D eigenvalue weighted by atomic mass is 16.5. The Balaban J connectivity index is 1.32. The predicted octanol–water partition coefficient (Wildman–Crippen LogP) is 4.90. The fourth-order valence-corrected chi connectivity index (χ4v) is 4.29. The van der Waals surface area contributed by atoms with Gasteiger partial charge in [0.25, 0.3) is 0 Å². The molecule has 2 N–H and O–H groups in total. The molecule has 7 nitrogen and oxygen atoms in total. The van der Waals surface area contributed by atoms with Crippen LogP contribution in [0.5, 0.6) is 0 Å². The second-order valence-corrected chi connectivity index (χ2v) is 8.60. The van der Waals surface area contributed by atoms with Crippen LogP contribution in [0.25, 0.3) is 22.0 Å². The van der Waals surface area contributed by atoms with E-state index in [4.69, 9.17) is 4.74 Å². The van der Waals surface area contributed by atoms with Gasteiger partial charge in [0.1, 0.15) is 0 Å². The van der Waals surface area contributed by atoms with Crippen molar-refractivity contribution in [3.05, 3.63) is 72.3 Å². The summed E-state index contributed by atoms with van der Waals surface area (Å²) in [5.41, 5.74) is 5.68. The first kappa shape index (κ1) is 22.0. The lowest BCUT2D eigenvalue weighted by Gasteiger charge is -2.34. The molecule has 1 aliphatic rings. The van der Waals surface area contributed by atoms with E-state index in [0.29, 0.717) is 12.2 Å². The Hall–Kier alpha value is -3.84. The molecule has 0 atom stereocenters. The fourth-order valence-electron chi connectivity index (χ4n) is 4.29. The quantitative estimate of drug-likeness (QED) is 0.403. The molecule has 1 saturated heterocycles. The monoisotopic (exact) mass is 455 g/mol. The van der Waals surface area contributed by atoms with E-state index in [1.165, 1.54) is 5.69 Å². The SMILES string of the molecule is CCOC(=O)c1cccc(-c2ccc3c(Nc4ccc(N5CCN(C)CC5)cc4)n[nH]c3c2)c1. The van der Waals surface area contributed by atoms with E-state index in [0.717, 1.165) is 59.7 Å². The highest BCUT2D eigenvalue weighted by Gasteiger charge is 2.14. The zero-order valence-corrected chi connectivity index (χ0v) is 19.5. The lowest BCUT2D eigenvalue weighted by atomic mass is 10.0. The first-order valence-electron chi connectivity index (χ1n) is 11.7. The summed E-state index contributed by atoms with van der Waals surface area (Å²) in [4.78, 5) is 16.9. The molecule has 4 aromatic rings. The average Bonchev–Trinajstić information content (AvgIpc) is 3.27. The number of likely N-dealkylation sites (N-methyl/N-ethyl adjacent to an activating group) is 1. The topological polar surface area (TPSA) is 73.5 Å². The Morgan fingerprint density at radius 1 is 1.00 bits per heavy atom. The maximum Gasteiger partial charge on any atom is 0.338 e. The van der Waals surface area contributed by atoms with Crippen molar-refractivity contribution < 1.29 is 9.53 Å². The van der Waals surface area contributed by atoms with E-state index >= 15 is 0 Å². The number of esters is 1. The lowest BCUT2D eigenvalue weighted by Crippen LogP contribution is -2.44. The van der Waals surface area contributed by atoms with Crippen LogP contribution in [-0.4, -0.2) is 60.9 Å². The van der Waals surface area contributed by atoms with Gasteiger partial charge in [-0.25, -0.2) is 4.79 Å². The molecule has 1 fully saturated rings. The van der Waals surface area contributed by atoms with Crippen molar-refractivity contribution in [1.82, 2.24) is 15.1 Å². The average molecular weight is 456 g/mol. The molecule has 5 rings (SSSR count). The Morgan fingerprint density at radius 3 is 2.53 bits per heavy atom. The van der Waals surface area contributed by atoms with Gasteiger partial charge in [0, 0.05) is 42.9 Å². The molecule has 1 aromatic heterocycles. The lowest BCUT2D eigenvalue weighted by molar-refractivity contribution is 0.0526. The highest BCUT2D eigenvalue weighted by molar-refractivity contribution is 5.95. The van der Waals surface area contributed by atoms with Gasteiger partial charge >= 0.3 is 5.97 Å². The largest absolute Gasteiger partial charge is 0.462 e. The zero-order chi connectivity index (χ0) is 23.5. The molecule has 1 aliphatic heterocycles. The van der Waals surface area contributed by atoms with Gasteiger partial charge in [-0.15, -0.1) is 0 Å². The Morgan fingerprint density at radius 2 is 1.76 bits per heavy atom. The van der Waals surface area contributed by atoms with Gasteiger partial charge in [0.2, 0.25) is 0 Å². The van der Waals surface area contributed by atoms with Crippen molar-refractivity contribution in [3.63, 3.8) is 0 Å². The number of nitrogens with zero attached hydrogens (tertiary/aromatic N) is 3. The van der Waals surface area contributed by atoms with Gasteiger partial charge in [-0.05, 0) is 73.6 Å². The number of rotatable bonds is 6. The van der Waals surface area contributed by atoms with E-state index in [-0.39, 0.29) is 5.97 Å². The minimum absolute atomic E-state index is 0.308. The molecule has 2 heterocycles. The second-order valence-electron chi connectivity index (χ2n) is 8.60. The Labute approximate surface area is 199 Å². The van der Waals surface area contributed by atoms with E-state index < -0.39 is 0 Å². The van der Waals surface area contributed by atoms with Crippen LogP contribution in [0.3, 0.4) is 0 Å². The number of piperazine rings is 1. The molecular weight excluding hydrogens is 426 g/mol. The molecule has 3 aromatic carbocycles. The molecule has 7 heteroatoms. The van der Waals surface area contributed by atoms with Crippen molar-refractivity contribution in [1.29, 1.82) is 0 Å². The van der Waals surface area contributed by atoms with Gasteiger partial charge in [-0.2, -0.15) is 5.10 Å². The fraction of sp³-hybridized carbons (Fsp3) is 0.259. The first-order chi connectivity index (χ1) is 16.6. The molecule has 0 amide bonds. The molecule has 0 radical (unpaired) electrons. The third-order valence-electron chi connectivity index (χ3n) is 6.27. The third-order valence-corrected chi connectivity index (χ3v) is 6.27. The van der Waals surface area contributed by atoms with Gasteiger partial charge in [0.05, 0.1) is 17.7 Å². The number of hydrogen-bond donors (Lipinski definition) is 2. The maximum absolute atomic E-state index is 12.1. The molecule has 0 spiro atoms. The molecule has 0 aliphatic carbocycles. The summed E-state index contributed by atoms with van der Waals surface area (Å²) in [7, 11) is 2.17. The summed E-state index contributed by atoms with van der Waals surface area (Å²) in [5, 5.41) is 12.1. The minimum Gasteiger partial charge on any atom is -0.462 e. The van der Waals surface area contributed by atoms with E-state index in [1.54, 1.807) is 6.07 Å². The number of fused-ring (bicyclic) bond motifs is 1. The van der Waals surface area contributed by atoms with Crippen molar-refractivity contribution in [2.75, 3.05) is 50.1 Å². The molecule has 0 bridgehead atoms. The Bertz CT molecular complexity index is 1290. The normalized spacial score (nSPS) is 14.4. The molecule has 174 valence electrons. The number of carbonyl (C=O) groups is 1. The van der Waals surface area contributed by atoms with Crippen LogP contribution < -0.4 is 10.2 Å². The third kappa shape index (κ3) is 4.61. The van der Waals surface area contributed by atoms with Crippen LogP contribution >= 0.6 is 0 Å². The van der Waals surface area contributed by atoms with E-state index in [9.17, 15) is 4.79 Å². The number of aromatic amines is 1. The van der Waals surface area contributed by atoms with Crippen molar-refractivity contribution >= 4 is 34.1 Å². The van der Waals surface area contributed by atoms with Gasteiger partial charge in [0.15, 0.2) is 5.82 Å². The minimum atomic E-state index is -0.308. The number of benzene rings is 3. The van der Waals surface area contributed by atoms with Crippen molar-refractivity contribution in [2.45, 2.75) is 6.92 Å². The number of H-pyrrole nitrogens is 1. The highest BCUT2D eigenvalue weighted by Crippen LogP contribution is 2.30. The van der Waals surface area contributed by atoms with E-state index in [2.05, 4.69) is 56.6 Å². The number of anilines is 3. The number of ether oxygens (including phenoxy) is 1. The summed E-state index contributed by atoms with van der Waals surface area (Å²) in [6.07, 6.45) is 0. The summed E-state index contributed by atoms with van der Waals surface area (Å²) in [5.74, 6) is 0.478. The summed E-state index contributed by atoms with van der Waals surface area (Å²) < 4.78 is 5.13. The zero-order valence-electron chi connectivity index (χ0n) is 19.5. The Kier molecular flexibility index (Phi) is 6.18. The van der Waals surface area contributed by atoms with Crippen LogP contribution in [0.15, 0.2) is 66.7 Å². The standard InChI is InChI=1S/C27H29N5O2/c1-3-34-27(33)21-6-4-5-19(17-21)20-7-12-24-25(18-20)29-30-26(24)28-22-8-10-23(11-9-22)32-15-13-31(2)14-16-32/h4-12,17-18H,3,13-16H2,1-2H3,(H2,28,29,30). The number of hydrogen-bond acceptors (Lipinski definition) is 6. The summed E-state index contributed by atoms with van der Waals surface area (Å²) >= 11 is 0. The van der Waals surface area contributed by atoms with E-state index in [1.807, 2.05) is 43.3 Å². The molecule has 34 heavy (non-hydrogen) atoms. The van der Waals surface area contributed by atoms with Crippen LogP contribution in [0.2, 0.25) is 0 Å². The smallest absolute Gasteiger partial charge is 0.338 e. The van der Waals surface area contributed by atoms with Crippen LogP contribution in [-0.2, 0) is 4.74 Å². The van der Waals surface area contributed by atoms with Crippen LogP contribution in [0.1, 0.15) is 17.3 Å². The van der Waals surface area contributed by atoms with Crippen molar-refractivity contribution in [3.8, 4) is 11.1 Å². The van der Waals surface area contributed by atoms with Gasteiger partial charge < -0.3 is 19.9 Å². The molecule has 0 saturated carbocycles. The van der Waals surface area contributed by atoms with Crippen molar-refractivity contribution in [2.24, 2.45) is 0 Å². The van der Waals surface area contributed by atoms with Crippen LogP contribution in [0, 0.1) is 0 Å². The maximum atomic E-state index is 12.1. The first-order valence-corrected chi connectivity index (χ1v) is 11.7. The summed E-state index contributed by atoms with van der Waals surface area (Å²) in [6, 6.07) is 22.2. The van der Waals surface area contributed by atoms with Gasteiger partial charge in [-0.3, -0.25) is 5.10 Å². The molecular formula is C27H29N5O2. The number of nitrogens with one attached hydrogen (secondary N) is 2. The summed E-state index contributed by atoms with van der Waals surface area (Å²) in [6.45, 7) is 6.46. The number of aromatic nitrogens is 2. The predicted molar refractivity (Wildman–Crippen MR) is 137 cm³/mol. The van der Waals surface area contributed by atoms with Gasteiger partial charge in [-0.1, -0.05) is 18.2 Å². The molecule has 0 unspecified atom stereocenters. The second kappa shape index (κ2) is 9.57.